The van der Waals surface area contributed by atoms with E-state index in [1.165, 1.54) is 0 Å². The van der Waals surface area contributed by atoms with E-state index in [0.29, 0.717) is 5.69 Å². The molecule has 0 fully saturated rings. The number of urea groups is 1. The Morgan fingerprint density at radius 1 is 1.32 bits per heavy atom. The number of carbonyl (C=O) groups excluding carboxylic acids is 1. The molecular weight excluding hydrogens is 316 g/mol. The van der Waals surface area contributed by atoms with Crippen LogP contribution in [0.4, 0.5) is 10.5 Å². The lowest BCUT2D eigenvalue weighted by molar-refractivity contribution is -0.146. The van der Waals surface area contributed by atoms with Crippen molar-refractivity contribution in [3.8, 4) is 0 Å². The Morgan fingerprint density at radius 3 is 2.32 bits per heavy atom. The number of halogens is 1. The van der Waals surface area contributed by atoms with Gasteiger partial charge in [-0.05, 0) is 37.1 Å². The van der Waals surface area contributed by atoms with Crippen LogP contribution in [0.3, 0.4) is 0 Å². The Bertz CT molecular complexity index is 481. The number of aryl methyl sites for hydroxylation is 2. The first kappa shape index (κ1) is 15.5. The number of hydrogen-bond acceptors (Lipinski definition) is 3. The summed E-state index contributed by atoms with van der Waals surface area (Å²) < 4.78 is 0.972. The molecule has 1 aromatic rings. The van der Waals surface area contributed by atoms with Gasteiger partial charge in [-0.15, -0.1) is 0 Å². The summed E-state index contributed by atoms with van der Waals surface area (Å²) in [4.78, 5) is 21.9. The summed E-state index contributed by atoms with van der Waals surface area (Å²) >= 11 is 3.42. The minimum Gasteiger partial charge on any atom is -0.479 e. The normalized spacial score (nSPS) is 11.8. The molecule has 0 saturated carbocycles. The fourth-order valence-corrected chi connectivity index (χ4v) is 1.70. The molecule has 1 rings (SSSR count). The SMILES string of the molecule is Cc1cc(NC(=O)NC[C@H](O)C(=O)O)cc(C)c1Br. The van der Waals surface area contributed by atoms with Crippen molar-refractivity contribution < 1.29 is 19.8 Å². The maximum atomic E-state index is 11.5. The summed E-state index contributed by atoms with van der Waals surface area (Å²) in [6, 6.07) is 3.00. The van der Waals surface area contributed by atoms with E-state index in [9.17, 15) is 9.59 Å². The summed E-state index contributed by atoms with van der Waals surface area (Å²) in [6.07, 6.45) is -1.61. The summed E-state index contributed by atoms with van der Waals surface area (Å²) in [5, 5.41) is 22.3. The topological polar surface area (TPSA) is 98.7 Å². The van der Waals surface area contributed by atoms with E-state index < -0.39 is 18.1 Å². The second kappa shape index (κ2) is 6.53. The van der Waals surface area contributed by atoms with Gasteiger partial charge in [0.2, 0.25) is 0 Å². The molecule has 0 saturated heterocycles. The minimum atomic E-state index is -1.61. The number of carbonyl (C=O) groups is 2. The number of carboxylic acid groups (broad SMARTS) is 1. The number of aliphatic hydroxyl groups is 1. The molecule has 0 radical (unpaired) electrons. The second-order valence-electron chi connectivity index (χ2n) is 4.11. The average Bonchev–Trinajstić information content (AvgIpc) is 2.32. The Balaban J connectivity index is 2.60. The van der Waals surface area contributed by atoms with Gasteiger partial charge in [-0.2, -0.15) is 0 Å². The van der Waals surface area contributed by atoms with Crippen molar-refractivity contribution in [1.82, 2.24) is 5.32 Å². The Hall–Kier alpha value is -1.60. The van der Waals surface area contributed by atoms with Gasteiger partial charge >= 0.3 is 12.0 Å². The fraction of sp³-hybridized carbons (Fsp3) is 0.333. The molecule has 0 aliphatic heterocycles. The second-order valence-corrected chi connectivity index (χ2v) is 4.91. The summed E-state index contributed by atoms with van der Waals surface area (Å²) in [5.74, 6) is -1.38. The molecule has 0 aliphatic carbocycles. The number of carboxylic acids is 1. The van der Waals surface area contributed by atoms with Crippen molar-refractivity contribution in [3.63, 3.8) is 0 Å². The van der Waals surface area contributed by atoms with Crippen molar-refractivity contribution >= 4 is 33.6 Å². The first-order chi connectivity index (χ1) is 8.81. The highest BCUT2D eigenvalue weighted by atomic mass is 79.9. The average molecular weight is 331 g/mol. The van der Waals surface area contributed by atoms with Crippen LogP contribution in [0.2, 0.25) is 0 Å². The van der Waals surface area contributed by atoms with E-state index in [-0.39, 0.29) is 6.54 Å². The van der Waals surface area contributed by atoms with E-state index in [0.717, 1.165) is 15.6 Å². The van der Waals surface area contributed by atoms with E-state index in [1.54, 1.807) is 12.1 Å². The Kier molecular flexibility index (Phi) is 5.31. The van der Waals surface area contributed by atoms with Crippen LogP contribution < -0.4 is 10.6 Å². The molecule has 7 heteroatoms. The predicted octanol–water partition coefficient (Wildman–Crippen LogP) is 1.63. The van der Waals surface area contributed by atoms with Crippen LogP contribution in [0.25, 0.3) is 0 Å². The maximum Gasteiger partial charge on any atom is 0.334 e. The molecule has 0 heterocycles. The van der Waals surface area contributed by atoms with Gasteiger partial charge in [0.15, 0.2) is 6.10 Å². The zero-order valence-corrected chi connectivity index (χ0v) is 12.1. The van der Waals surface area contributed by atoms with Gasteiger partial charge in [0.1, 0.15) is 0 Å². The standard InChI is InChI=1S/C12H15BrN2O4/c1-6-3-8(4-7(2)10(6)13)15-12(19)14-5-9(16)11(17)18/h3-4,9,16H,5H2,1-2H3,(H,17,18)(H2,14,15,19)/t9-/m0/s1. The molecule has 4 N–H and O–H groups in total. The predicted molar refractivity (Wildman–Crippen MR) is 74.3 cm³/mol. The molecule has 6 nitrogen and oxygen atoms in total. The minimum absolute atomic E-state index is 0.352. The molecule has 0 aliphatic rings. The van der Waals surface area contributed by atoms with Gasteiger partial charge in [0, 0.05) is 10.2 Å². The molecule has 0 bridgehead atoms. The molecule has 104 valence electrons. The molecule has 0 aromatic heterocycles. The Labute approximate surface area is 118 Å². The largest absolute Gasteiger partial charge is 0.479 e. The molecule has 2 amide bonds. The summed E-state index contributed by atoms with van der Waals surface area (Å²) in [7, 11) is 0. The van der Waals surface area contributed by atoms with Crippen molar-refractivity contribution in [1.29, 1.82) is 0 Å². The smallest absolute Gasteiger partial charge is 0.334 e. The van der Waals surface area contributed by atoms with Crippen LogP contribution in [-0.2, 0) is 4.79 Å². The lowest BCUT2D eigenvalue weighted by atomic mass is 10.1. The lowest BCUT2D eigenvalue weighted by Crippen LogP contribution is -2.38. The number of aliphatic hydroxyl groups excluding tert-OH is 1. The number of benzene rings is 1. The Morgan fingerprint density at radius 2 is 1.84 bits per heavy atom. The number of amides is 2. The number of anilines is 1. The molecule has 0 spiro atoms. The van der Waals surface area contributed by atoms with Gasteiger partial charge in [0.05, 0.1) is 6.54 Å². The zero-order valence-electron chi connectivity index (χ0n) is 10.5. The number of nitrogens with one attached hydrogen (secondary N) is 2. The van der Waals surface area contributed by atoms with Gasteiger partial charge in [-0.25, -0.2) is 9.59 Å². The van der Waals surface area contributed by atoms with E-state index >= 15 is 0 Å². The van der Waals surface area contributed by atoms with E-state index in [4.69, 9.17) is 10.2 Å². The quantitative estimate of drug-likeness (QED) is 0.674. The van der Waals surface area contributed by atoms with Gasteiger partial charge in [-0.1, -0.05) is 15.9 Å². The number of hydrogen-bond donors (Lipinski definition) is 4. The van der Waals surface area contributed by atoms with E-state index in [1.807, 2.05) is 13.8 Å². The van der Waals surface area contributed by atoms with Crippen LogP contribution in [0, 0.1) is 13.8 Å². The monoisotopic (exact) mass is 330 g/mol. The maximum absolute atomic E-state index is 11.5. The highest BCUT2D eigenvalue weighted by Gasteiger charge is 2.14. The molecule has 1 atom stereocenters. The summed E-state index contributed by atoms with van der Waals surface area (Å²) in [6.45, 7) is 3.44. The molecular formula is C12H15BrN2O4. The van der Waals surface area contributed by atoms with Crippen LogP contribution >= 0.6 is 15.9 Å². The molecule has 19 heavy (non-hydrogen) atoms. The van der Waals surface area contributed by atoms with Gasteiger partial charge in [0.25, 0.3) is 0 Å². The van der Waals surface area contributed by atoms with Gasteiger partial charge < -0.3 is 20.8 Å². The van der Waals surface area contributed by atoms with Crippen LogP contribution in [0.5, 0.6) is 0 Å². The van der Waals surface area contributed by atoms with E-state index in [2.05, 4.69) is 26.6 Å². The number of rotatable bonds is 4. The summed E-state index contributed by atoms with van der Waals surface area (Å²) in [5.41, 5.74) is 2.54. The van der Waals surface area contributed by atoms with Crippen molar-refractivity contribution in [2.75, 3.05) is 11.9 Å². The van der Waals surface area contributed by atoms with Crippen LogP contribution in [0.15, 0.2) is 16.6 Å². The lowest BCUT2D eigenvalue weighted by Gasteiger charge is -2.11. The highest BCUT2D eigenvalue weighted by Crippen LogP contribution is 2.24. The van der Waals surface area contributed by atoms with Crippen LogP contribution in [0.1, 0.15) is 11.1 Å². The number of aliphatic carboxylic acids is 1. The first-order valence-electron chi connectivity index (χ1n) is 5.53. The zero-order chi connectivity index (χ0) is 14.6. The first-order valence-corrected chi connectivity index (χ1v) is 6.33. The third kappa shape index (κ3) is 4.53. The fourth-order valence-electron chi connectivity index (χ4n) is 1.47. The van der Waals surface area contributed by atoms with Crippen LogP contribution in [-0.4, -0.2) is 34.9 Å². The van der Waals surface area contributed by atoms with Gasteiger partial charge in [-0.3, -0.25) is 0 Å². The third-order valence-corrected chi connectivity index (χ3v) is 3.69. The molecule has 0 unspecified atom stereocenters. The van der Waals surface area contributed by atoms with Crippen molar-refractivity contribution in [2.45, 2.75) is 20.0 Å². The highest BCUT2D eigenvalue weighted by molar-refractivity contribution is 9.10. The molecule has 1 aromatic carbocycles. The van der Waals surface area contributed by atoms with Crippen molar-refractivity contribution in [3.05, 3.63) is 27.7 Å². The third-order valence-electron chi connectivity index (χ3n) is 2.44. The van der Waals surface area contributed by atoms with Crippen molar-refractivity contribution in [2.24, 2.45) is 0 Å².